The molecule has 2 saturated heterocycles. The fourth-order valence-electron chi connectivity index (χ4n) is 4.35. The van der Waals surface area contributed by atoms with Gasteiger partial charge in [-0.1, -0.05) is 30.3 Å². The zero-order valence-electron chi connectivity index (χ0n) is 16.8. The fraction of sp³-hybridized carbons (Fsp3) is 0.500. The first-order valence-corrected chi connectivity index (χ1v) is 10.3. The van der Waals surface area contributed by atoms with Gasteiger partial charge >= 0.3 is 0 Å². The molecule has 7 heteroatoms. The van der Waals surface area contributed by atoms with Gasteiger partial charge in [0, 0.05) is 39.0 Å². The van der Waals surface area contributed by atoms with Gasteiger partial charge in [0.25, 0.3) is 5.91 Å². The molecule has 3 heterocycles. The molecule has 1 spiro atoms. The topological polar surface area (TPSA) is 76.5 Å². The summed E-state index contributed by atoms with van der Waals surface area (Å²) in [6.07, 6.45) is 6.98. The molecule has 0 radical (unpaired) electrons. The number of likely N-dealkylation sites (tertiary alicyclic amines) is 1. The highest BCUT2D eigenvalue weighted by molar-refractivity contribution is 5.93. The Bertz CT molecular complexity index is 856. The van der Waals surface area contributed by atoms with E-state index >= 15 is 0 Å². The number of aryl methyl sites for hydroxylation is 1. The lowest BCUT2D eigenvalue weighted by Crippen LogP contribution is -2.54. The SMILES string of the molecule is Cn1cc(C(=O)N[C@H]2CCOC3(CCN(C(=O)Cc4ccccc4)CC3)C2)cn1. The molecule has 7 nitrogen and oxygen atoms in total. The van der Waals surface area contributed by atoms with Gasteiger partial charge in [-0.15, -0.1) is 0 Å². The Morgan fingerprint density at radius 3 is 2.69 bits per heavy atom. The molecule has 154 valence electrons. The number of piperidine rings is 1. The quantitative estimate of drug-likeness (QED) is 0.857. The summed E-state index contributed by atoms with van der Waals surface area (Å²) in [5.74, 6) is 0.0823. The number of amides is 2. The molecular weight excluding hydrogens is 368 g/mol. The molecule has 0 unspecified atom stereocenters. The van der Waals surface area contributed by atoms with Crippen molar-refractivity contribution >= 4 is 11.8 Å². The maximum Gasteiger partial charge on any atom is 0.254 e. The lowest BCUT2D eigenvalue weighted by Gasteiger charge is -2.46. The third-order valence-corrected chi connectivity index (χ3v) is 6.02. The van der Waals surface area contributed by atoms with Gasteiger partial charge < -0.3 is 15.0 Å². The summed E-state index contributed by atoms with van der Waals surface area (Å²) in [5, 5.41) is 7.20. The number of nitrogens with one attached hydrogen (secondary N) is 1. The minimum Gasteiger partial charge on any atom is -0.375 e. The summed E-state index contributed by atoms with van der Waals surface area (Å²) in [6.45, 7) is 2.04. The molecular formula is C22H28N4O3. The minimum absolute atomic E-state index is 0.0861. The molecule has 2 aliphatic heterocycles. The van der Waals surface area contributed by atoms with E-state index in [0.717, 1.165) is 31.2 Å². The molecule has 2 aromatic rings. The predicted octanol–water partition coefficient (Wildman–Crippen LogP) is 1.93. The van der Waals surface area contributed by atoms with Crippen molar-refractivity contribution in [3.63, 3.8) is 0 Å². The van der Waals surface area contributed by atoms with E-state index in [1.165, 1.54) is 0 Å². The van der Waals surface area contributed by atoms with Crippen LogP contribution < -0.4 is 5.32 Å². The summed E-state index contributed by atoms with van der Waals surface area (Å²) in [5.41, 5.74) is 1.38. The molecule has 1 aromatic carbocycles. The van der Waals surface area contributed by atoms with Crippen molar-refractivity contribution in [3.05, 3.63) is 53.9 Å². The molecule has 0 aliphatic carbocycles. The van der Waals surface area contributed by atoms with Gasteiger partial charge in [-0.25, -0.2) is 0 Å². The molecule has 0 saturated carbocycles. The van der Waals surface area contributed by atoms with E-state index in [1.807, 2.05) is 35.2 Å². The van der Waals surface area contributed by atoms with Crippen molar-refractivity contribution in [3.8, 4) is 0 Å². The monoisotopic (exact) mass is 396 g/mol. The van der Waals surface area contributed by atoms with Crippen molar-refractivity contribution in [2.24, 2.45) is 7.05 Å². The Morgan fingerprint density at radius 2 is 2.00 bits per heavy atom. The Morgan fingerprint density at radius 1 is 1.24 bits per heavy atom. The highest BCUT2D eigenvalue weighted by Gasteiger charge is 2.41. The molecule has 2 fully saturated rings. The number of nitrogens with zero attached hydrogens (tertiary/aromatic N) is 3. The molecule has 1 atom stereocenters. The van der Waals surface area contributed by atoms with Gasteiger partial charge in [0.2, 0.25) is 5.91 Å². The Kier molecular flexibility index (Phi) is 5.67. The fourth-order valence-corrected chi connectivity index (χ4v) is 4.35. The number of ether oxygens (including phenoxy) is 1. The van der Waals surface area contributed by atoms with Gasteiger partial charge in [-0.05, 0) is 31.2 Å². The Balaban J connectivity index is 1.30. The lowest BCUT2D eigenvalue weighted by atomic mass is 9.82. The van der Waals surface area contributed by atoms with E-state index in [2.05, 4.69) is 10.4 Å². The number of aromatic nitrogens is 2. The molecule has 4 rings (SSSR count). The smallest absolute Gasteiger partial charge is 0.254 e. The van der Waals surface area contributed by atoms with Crippen LogP contribution in [0.2, 0.25) is 0 Å². The maximum absolute atomic E-state index is 12.6. The van der Waals surface area contributed by atoms with Crippen LogP contribution >= 0.6 is 0 Å². The van der Waals surface area contributed by atoms with Crippen molar-refractivity contribution in [2.45, 2.75) is 43.7 Å². The minimum atomic E-state index is -0.241. The number of carbonyl (C=O) groups excluding carboxylic acids is 2. The second-order valence-corrected chi connectivity index (χ2v) is 8.14. The van der Waals surface area contributed by atoms with Crippen LogP contribution in [0, 0.1) is 0 Å². The van der Waals surface area contributed by atoms with Crippen LogP contribution in [0.5, 0.6) is 0 Å². The van der Waals surface area contributed by atoms with Crippen LogP contribution in [0.15, 0.2) is 42.7 Å². The first-order chi connectivity index (χ1) is 14.0. The van der Waals surface area contributed by atoms with Gasteiger partial charge in [0.1, 0.15) is 0 Å². The van der Waals surface area contributed by atoms with Crippen LogP contribution in [-0.2, 0) is 23.0 Å². The first kappa shape index (κ1) is 19.6. The molecule has 0 bridgehead atoms. The average Bonchev–Trinajstić information content (AvgIpc) is 3.16. The van der Waals surface area contributed by atoms with Crippen LogP contribution in [0.1, 0.15) is 41.6 Å². The van der Waals surface area contributed by atoms with E-state index in [-0.39, 0.29) is 23.5 Å². The van der Waals surface area contributed by atoms with Gasteiger partial charge in [-0.3, -0.25) is 14.3 Å². The highest BCUT2D eigenvalue weighted by Crippen LogP contribution is 2.35. The predicted molar refractivity (Wildman–Crippen MR) is 108 cm³/mol. The van der Waals surface area contributed by atoms with E-state index in [9.17, 15) is 9.59 Å². The second-order valence-electron chi connectivity index (χ2n) is 8.14. The van der Waals surface area contributed by atoms with Gasteiger partial charge in [0.05, 0.1) is 23.8 Å². The number of hydrogen-bond acceptors (Lipinski definition) is 4. The molecule has 29 heavy (non-hydrogen) atoms. The number of hydrogen-bond donors (Lipinski definition) is 1. The largest absolute Gasteiger partial charge is 0.375 e. The van der Waals surface area contributed by atoms with Crippen molar-refractivity contribution in [1.82, 2.24) is 20.0 Å². The van der Waals surface area contributed by atoms with Crippen LogP contribution in [-0.4, -0.2) is 57.8 Å². The standard InChI is InChI=1S/C22H28N4O3/c1-25-16-18(15-23-25)21(28)24-19-7-12-29-22(14-19)8-10-26(11-9-22)20(27)13-17-5-3-2-4-6-17/h2-6,15-16,19H,7-14H2,1H3,(H,24,28)/t19-/m0/s1. The lowest BCUT2D eigenvalue weighted by molar-refractivity contribution is -0.143. The number of rotatable bonds is 4. The highest BCUT2D eigenvalue weighted by atomic mass is 16.5. The van der Waals surface area contributed by atoms with Crippen LogP contribution in [0.3, 0.4) is 0 Å². The normalized spacial score (nSPS) is 21.1. The third kappa shape index (κ3) is 4.67. The summed E-state index contributed by atoms with van der Waals surface area (Å²) < 4.78 is 7.80. The van der Waals surface area contributed by atoms with E-state index in [1.54, 1.807) is 24.1 Å². The van der Waals surface area contributed by atoms with E-state index < -0.39 is 0 Å². The van der Waals surface area contributed by atoms with Crippen molar-refractivity contribution in [2.75, 3.05) is 19.7 Å². The summed E-state index contributed by atoms with van der Waals surface area (Å²) >= 11 is 0. The van der Waals surface area contributed by atoms with E-state index in [0.29, 0.717) is 31.7 Å². The molecule has 1 N–H and O–H groups in total. The molecule has 1 aromatic heterocycles. The number of benzene rings is 1. The Labute approximate surface area is 171 Å². The zero-order valence-corrected chi connectivity index (χ0v) is 16.8. The zero-order chi connectivity index (χ0) is 20.3. The van der Waals surface area contributed by atoms with Crippen LogP contribution in [0.4, 0.5) is 0 Å². The second kappa shape index (κ2) is 8.37. The number of carbonyl (C=O) groups is 2. The summed E-state index contributed by atoms with van der Waals surface area (Å²) in [4.78, 5) is 27.0. The molecule has 2 aliphatic rings. The third-order valence-electron chi connectivity index (χ3n) is 6.02. The maximum atomic E-state index is 12.6. The molecule has 2 amide bonds. The van der Waals surface area contributed by atoms with Gasteiger partial charge in [-0.2, -0.15) is 5.10 Å². The van der Waals surface area contributed by atoms with Crippen LogP contribution in [0.25, 0.3) is 0 Å². The van der Waals surface area contributed by atoms with Crippen molar-refractivity contribution < 1.29 is 14.3 Å². The summed E-state index contributed by atoms with van der Waals surface area (Å²) in [7, 11) is 1.80. The van der Waals surface area contributed by atoms with Gasteiger partial charge in [0.15, 0.2) is 0 Å². The Hall–Kier alpha value is -2.67. The summed E-state index contributed by atoms with van der Waals surface area (Å²) in [6, 6.07) is 9.95. The van der Waals surface area contributed by atoms with Crippen molar-refractivity contribution in [1.29, 1.82) is 0 Å². The average molecular weight is 396 g/mol. The first-order valence-electron chi connectivity index (χ1n) is 10.3. The van der Waals surface area contributed by atoms with E-state index in [4.69, 9.17) is 4.74 Å².